The number of hydrogen-bond acceptors (Lipinski definition) is 6. The molecule has 1 N–H and O–H groups in total. The predicted octanol–water partition coefficient (Wildman–Crippen LogP) is -0.612. The second-order valence-corrected chi connectivity index (χ2v) is 5.98. The zero-order valence-electron chi connectivity index (χ0n) is 9.71. The van der Waals surface area contributed by atoms with E-state index in [1.807, 2.05) is 6.92 Å². The van der Waals surface area contributed by atoms with Crippen molar-refractivity contribution in [2.75, 3.05) is 18.6 Å². The van der Waals surface area contributed by atoms with E-state index in [0.29, 0.717) is 12.4 Å². The van der Waals surface area contributed by atoms with Crippen molar-refractivity contribution in [2.45, 2.75) is 26.4 Å². The van der Waals surface area contributed by atoms with Crippen LogP contribution in [0.25, 0.3) is 0 Å². The zero-order chi connectivity index (χ0) is 12.2. The fourth-order valence-corrected chi connectivity index (χ4v) is 1.92. The molecule has 8 heteroatoms. The third kappa shape index (κ3) is 3.24. The summed E-state index contributed by atoms with van der Waals surface area (Å²) in [6.45, 7) is 3.84. The lowest BCUT2D eigenvalue weighted by Crippen LogP contribution is -2.22. The van der Waals surface area contributed by atoms with Gasteiger partial charge in [0.15, 0.2) is 15.7 Å². The topological polar surface area (TPSA) is 89.8 Å². The Morgan fingerprint density at radius 3 is 2.75 bits per heavy atom. The lowest BCUT2D eigenvalue weighted by molar-refractivity contribution is 0.523. The van der Waals surface area contributed by atoms with E-state index in [4.69, 9.17) is 0 Å². The van der Waals surface area contributed by atoms with Crippen molar-refractivity contribution in [3.63, 3.8) is 0 Å². The van der Waals surface area contributed by atoms with Gasteiger partial charge >= 0.3 is 0 Å². The molecule has 1 aromatic rings. The minimum atomic E-state index is -2.98. The van der Waals surface area contributed by atoms with Crippen LogP contribution in [0.1, 0.15) is 25.7 Å². The van der Waals surface area contributed by atoms with Crippen molar-refractivity contribution in [1.82, 2.24) is 25.5 Å². The highest BCUT2D eigenvalue weighted by Gasteiger charge is 2.15. The molecule has 0 aliphatic carbocycles. The van der Waals surface area contributed by atoms with Gasteiger partial charge in [-0.15, -0.1) is 5.10 Å². The van der Waals surface area contributed by atoms with Crippen molar-refractivity contribution < 1.29 is 8.42 Å². The molecular formula is C8H17N5O2S. The Kier molecular flexibility index (Phi) is 4.36. The van der Waals surface area contributed by atoms with Gasteiger partial charge in [-0.2, -0.15) is 0 Å². The summed E-state index contributed by atoms with van der Waals surface area (Å²) in [7, 11) is -1.18. The fourth-order valence-electron chi connectivity index (χ4n) is 1.18. The van der Waals surface area contributed by atoms with Crippen LogP contribution in [0.3, 0.4) is 0 Å². The van der Waals surface area contributed by atoms with E-state index in [9.17, 15) is 8.42 Å². The van der Waals surface area contributed by atoms with Crippen LogP contribution in [0.15, 0.2) is 0 Å². The highest BCUT2D eigenvalue weighted by atomic mass is 32.2. The maximum Gasteiger partial charge on any atom is 0.167 e. The van der Waals surface area contributed by atoms with Crippen LogP contribution in [-0.4, -0.2) is 47.2 Å². The van der Waals surface area contributed by atoms with Gasteiger partial charge in [-0.25, -0.2) is 13.1 Å². The predicted molar refractivity (Wildman–Crippen MR) is 59.6 cm³/mol. The number of nitrogens with zero attached hydrogens (tertiary/aromatic N) is 4. The average molecular weight is 247 g/mol. The van der Waals surface area contributed by atoms with Gasteiger partial charge in [-0.1, -0.05) is 6.92 Å². The Hall–Kier alpha value is -1.02. The number of hydrogen-bond donors (Lipinski definition) is 1. The van der Waals surface area contributed by atoms with Gasteiger partial charge in [0, 0.05) is 5.75 Å². The second-order valence-electron chi connectivity index (χ2n) is 3.51. The number of rotatable bonds is 6. The van der Waals surface area contributed by atoms with Crippen molar-refractivity contribution in [3.05, 3.63) is 5.82 Å². The highest BCUT2D eigenvalue weighted by molar-refractivity contribution is 7.91. The summed E-state index contributed by atoms with van der Waals surface area (Å²) < 4.78 is 24.2. The molecule has 0 radical (unpaired) electrons. The largest absolute Gasteiger partial charge is 0.311 e. The SMILES string of the molecule is CCS(=O)(=O)CCn1nnnc1C(C)NC. The Morgan fingerprint density at radius 1 is 1.50 bits per heavy atom. The summed E-state index contributed by atoms with van der Waals surface area (Å²) in [5.41, 5.74) is 0. The van der Waals surface area contributed by atoms with Crippen LogP contribution in [0.4, 0.5) is 0 Å². The fraction of sp³-hybridized carbons (Fsp3) is 0.875. The van der Waals surface area contributed by atoms with Gasteiger partial charge in [0.1, 0.15) is 0 Å². The van der Waals surface area contributed by atoms with Crippen LogP contribution in [-0.2, 0) is 16.4 Å². The summed E-state index contributed by atoms with van der Waals surface area (Å²) in [6, 6.07) is -0.000620. The summed E-state index contributed by atoms with van der Waals surface area (Å²) >= 11 is 0. The minimum Gasteiger partial charge on any atom is -0.311 e. The molecular weight excluding hydrogens is 230 g/mol. The third-order valence-corrected chi connectivity index (χ3v) is 4.12. The number of sulfone groups is 1. The van der Waals surface area contributed by atoms with Gasteiger partial charge < -0.3 is 5.32 Å². The normalized spacial score (nSPS) is 13.9. The Bertz CT molecular complexity index is 427. The molecule has 0 spiro atoms. The Labute approximate surface area is 95.1 Å². The molecule has 92 valence electrons. The molecule has 0 fully saturated rings. The van der Waals surface area contributed by atoms with E-state index in [1.54, 1.807) is 14.0 Å². The third-order valence-electron chi connectivity index (χ3n) is 2.43. The molecule has 1 atom stereocenters. The lowest BCUT2D eigenvalue weighted by atomic mass is 10.3. The van der Waals surface area contributed by atoms with E-state index in [2.05, 4.69) is 20.8 Å². The number of nitrogens with one attached hydrogen (secondary N) is 1. The van der Waals surface area contributed by atoms with Crippen LogP contribution in [0.2, 0.25) is 0 Å². The lowest BCUT2D eigenvalue weighted by Gasteiger charge is -2.09. The first-order valence-corrected chi connectivity index (χ1v) is 6.96. The van der Waals surface area contributed by atoms with Gasteiger partial charge in [0.2, 0.25) is 0 Å². The molecule has 1 unspecified atom stereocenters. The summed E-state index contributed by atoms with van der Waals surface area (Å²) in [5.74, 6) is 0.859. The molecule has 16 heavy (non-hydrogen) atoms. The molecule has 0 aliphatic rings. The first kappa shape index (κ1) is 13.0. The Balaban J connectivity index is 2.72. The van der Waals surface area contributed by atoms with Gasteiger partial charge in [-0.3, -0.25) is 0 Å². The van der Waals surface area contributed by atoms with Gasteiger partial charge in [0.25, 0.3) is 0 Å². The zero-order valence-corrected chi connectivity index (χ0v) is 10.5. The number of aryl methyl sites for hydroxylation is 1. The maximum absolute atomic E-state index is 11.3. The van der Waals surface area contributed by atoms with E-state index in [-0.39, 0.29) is 17.5 Å². The smallest absolute Gasteiger partial charge is 0.167 e. The quantitative estimate of drug-likeness (QED) is 0.721. The summed E-state index contributed by atoms with van der Waals surface area (Å²) in [4.78, 5) is 0. The first-order chi connectivity index (χ1) is 7.50. The van der Waals surface area contributed by atoms with Gasteiger partial charge in [-0.05, 0) is 24.4 Å². The molecule has 0 aromatic carbocycles. The minimum absolute atomic E-state index is 0.000620. The van der Waals surface area contributed by atoms with Crippen molar-refractivity contribution in [1.29, 1.82) is 0 Å². The highest BCUT2D eigenvalue weighted by Crippen LogP contribution is 2.06. The molecule has 0 saturated heterocycles. The number of tetrazole rings is 1. The van der Waals surface area contributed by atoms with E-state index >= 15 is 0 Å². The molecule has 1 heterocycles. The second kappa shape index (κ2) is 5.35. The molecule has 1 aromatic heterocycles. The summed E-state index contributed by atoms with van der Waals surface area (Å²) in [6.07, 6.45) is 0. The average Bonchev–Trinajstić information content (AvgIpc) is 2.73. The van der Waals surface area contributed by atoms with E-state index in [0.717, 1.165) is 0 Å². The molecule has 0 amide bonds. The molecule has 0 bridgehead atoms. The standard InChI is InChI=1S/C8H17N5O2S/c1-4-16(14,15)6-5-13-8(7(2)9-3)10-11-12-13/h7,9H,4-6H2,1-3H3. The van der Waals surface area contributed by atoms with Crippen molar-refractivity contribution in [2.24, 2.45) is 0 Å². The molecule has 0 saturated carbocycles. The van der Waals surface area contributed by atoms with Crippen molar-refractivity contribution in [3.8, 4) is 0 Å². The number of aromatic nitrogens is 4. The van der Waals surface area contributed by atoms with Crippen LogP contribution in [0.5, 0.6) is 0 Å². The van der Waals surface area contributed by atoms with E-state index in [1.165, 1.54) is 4.68 Å². The maximum atomic E-state index is 11.3. The monoisotopic (exact) mass is 247 g/mol. The van der Waals surface area contributed by atoms with Crippen molar-refractivity contribution >= 4 is 9.84 Å². The van der Waals surface area contributed by atoms with E-state index < -0.39 is 9.84 Å². The molecule has 7 nitrogen and oxygen atoms in total. The molecule has 1 rings (SSSR count). The van der Waals surface area contributed by atoms with Crippen LogP contribution < -0.4 is 5.32 Å². The molecule has 0 aliphatic heterocycles. The Morgan fingerprint density at radius 2 is 2.19 bits per heavy atom. The first-order valence-electron chi connectivity index (χ1n) is 5.14. The van der Waals surface area contributed by atoms with Crippen LogP contribution >= 0.6 is 0 Å². The van der Waals surface area contributed by atoms with Gasteiger partial charge in [0.05, 0.1) is 18.3 Å². The summed E-state index contributed by atoms with van der Waals surface area (Å²) in [5, 5.41) is 14.2. The van der Waals surface area contributed by atoms with Crippen LogP contribution in [0, 0.1) is 0 Å².